The van der Waals surface area contributed by atoms with Gasteiger partial charge in [0.2, 0.25) is 0 Å². The second-order valence-corrected chi connectivity index (χ2v) is 11.1. The van der Waals surface area contributed by atoms with Gasteiger partial charge in [-0.15, -0.1) is 0 Å². The van der Waals surface area contributed by atoms with E-state index < -0.39 is 77.0 Å². The van der Waals surface area contributed by atoms with Crippen molar-refractivity contribution in [2.75, 3.05) is 10.0 Å². The molecular weight excluding hydrogens is 667 g/mol. The molecule has 3 N–H and O–H groups in total. The quantitative estimate of drug-likeness (QED) is 0.133. The molecule has 0 aromatic heterocycles. The van der Waals surface area contributed by atoms with Crippen LogP contribution in [0.1, 0.15) is 0 Å². The zero-order chi connectivity index (χ0) is 30.3. The van der Waals surface area contributed by atoms with Crippen molar-refractivity contribution in [1.82, 2.24) is 0 Å². The van der Waals surface area contributed by atoms with Crippen LogP contribution in [0.25, 0.3) is 0 Å². The summed E-state index contributed by atoms with van der Waals surface area (Å²) >= 11 is 0. The van der Waals surface area contributed by atoms with Gasteiger partial charge in [0.15, 0.2) is 17.7 Å². The van der Waals surface area contributed by atoms with Gasteiger partial charge in [0.05, 0.1) is 32.7 Å². The van der Waals surface area contributed by atoms with E-state index in [-0.39, 0.29) is 114 Å². The molecule has 0 spiro atoms. The van der Waals surface area contributed by atoms with Crippen LogP contribution in [0.15, 0.2) is 92.3 Å². The summed E-state index contributed by atoms with van der Waals surface area (Å²) in [5, 5.41) is 38.9. The van der Waals surface area contributed by atoms with Gasteiger partial charge in [0, 0.05) is 0 Å². The van der Waals surface area contributed by atoms with Gasteiger partial charge in [-0.2, -0.15) is 15.2 Å². The van der Waals surface area contributed by atoms with Crippen LogP contribution in [0.5, 0.6) is 0 Å². The van der Waals surface area contributed by atoms with E-state index in [4.69, 9.17) is 0 Å². The van der Waals surface area contributed by atoms with Gasteiger partial charge in [-0.3, -0.25) is 4.79 Å². The van der Waals surface area contributed by atoms with Crippen LogP contribution in [0.4, 0.5) is 11.4 Å². The van der Waals surface area contributed by atoms with Gasteiger partial charge in [-0.05, 0) is 54.6 Å². The number of anilines is 2. The molecule has 2 atom stereocenters. The molecule has 20 heteroatoms. The number of hydrogen-bond acceptors (Lipinski definition) is 13. The summed E-state index contributed by atoms with van der Waals surface area (Å²) in [4.78, 5) is 35.3. The van der Waals surface area contributed by atoms with E-state index in [9.17, 15) is 55.6 Å². The van der Waals surface area contributed by atoms with Crippen LogP contribution in [-0.4, -0.2) is 76.8 Å². The maximum absolute atomic E-state index is 12.9. The fraction of sp³-hybridized carbons (Fsp3) is 0.0870. The fourth-order valence-corrected chi connectivity index (χ4v) is 4.75. The number of carbonyl (C=O) groups excluding carboxylic acids is 1. The van der Waals surface area contributed by atoms with Crippen molar-refractivity contribution in [3.05, 3.63) is 72.3 Å². The Balaban J connectivity index is 0.00000323. The summed E-state index contributed by atoms with van der Waals surface area (Å²) in [6, 6.07) is 8.13. The molecule has 4 rings (SSSR count). The normalized spacial score (nSPS) is 19.6. The molecule has 0 aliphatic carbocycles. The van der Waals surface area contributed by atoms with Gasteiger partial charge < -0.3 is 24.4 Å². The first-order chi connectivity index (χ1) is 19.1. The summed E-state index contributed by atoms with van der Waals surface area (Å²) in [5.41, 5.74) is -1.69. The number of aliphatic hydroxyl groups is 1. The predicted molar refractivity (Wildman–Crippen MR) is 136 cm³/mol. The number of benzene rings is 2. The molecule has 2 unspecified atom stereocenters. The van der Waals surface area contributed by atoms with Crippen LogP contribution >= 0.6 is 0 Å². The van der Waals surface area contributed by atoms with Crippen LogP contribution in [0.3, 0.4) is 0 Å². The number of hydrogen-bond donors (Lipinski definition) is 3. The minimum atomic E-state index is -4.77. The van der Waals surface area contributed by atoms with E-state index in [1.165, 1.54) is 0 Å². The number of allylic oxidation sites excluding steroid dienone is 2. The van der Waals surface area contributed by atoms with Crippen molar-refractivity contribution in [2.45, 2.75) is 16.0 Å². The van der Waals surface area contributed by atoms with Crippen molar-refractivity contribution in [3.63, 3.8) is 0 Å². The Morgan fingerprint density at radius 3 is 1.74 bits per heavy atom. The maximum Gasteiger partial charge on any atom is 1.00 e. The van der Waals surface area contributed by atoms with Crippen LogP contribution < -0.4 is 113 Å². The Labute approximate surface area is 328 Å². The molecule has 214 valence electrons. The molecule has 0 bridgehead atoms. The standard InChI is InChI=1S/C23H18N4O12S2.2K/c28-20-16(18(22(30)31)24-26(20)12-4-8-14(9-5-12)40(34,35)36)2-1-3-17-19(23(32)33)25-27(21(17)29)13-6-10-15(11-7-13)41(37,38)39;;/h1-11,16,20,28H,(H,30,31)(H,32,33)(H,34,35,36)(H,37,38,39);;/q;2*+1/p-2. The Kier molecular flexibility index (Phi) is 12.9. The van der Waals surface area contributed by atoms with Crippen molar-refractivity contribution < 1.29 is 158 Å². The van der Waals surface area contributed by atoms with Gasteiger partial charge in [-0.1, -0.05) is 12.2 Å². The number of carbonyl (C=O) groups is 3. The van der Waals surface area contributed by atoms with Gasteiger partial charge in [0.25, 0.3) is 5.91 Å². The molecule has 2 aromatic rings. The van der Waals surface area contributed by atoms with Gasteiger partial charge in [-0.25, -0.2) is 31.4 Å². The number of carboxylic acids is 2. The number of aliphatic carboxylic acids is 2. The Hall–Kier alpha value is -1.48. The van der Waals surface area contributed by atoms with E-state index in [0.717, 1.165) is 71.8 Å². The molecule has 16 nitrogen and oxygen atoms in total. The van der Waals surface area contributed by atoms with Crippen molar-refractivity contribution in [2.24, 2.45) is 16.1 Å². The number of aliphatic hydroxyl groups excluding tert-OH is 1. The minimum absolute atomic E-state index is 0. The number of carboxylic acid groups (broad SMARTS) is 2. The van der Waals surface area contributed by atoms with Gasteiger partial charge >= 0.3 is 115 Å². The summed E-state index contributed by atoms with van der Waals surface area (Å²) < 4.78 is 66.8. The molecule has 2 aliphatic heterocycles. The average Bonchev–Trinajstić information content (AvgIpc) is 3.40. The van der Waals surface area contributed by atoms with E-state index in [0.29, 0.717) is 5.01 Å². The number of nitrogens with zero attached hydrogens (tertiary/aromatic N) is 4. The second-order valence-electron chi connectivity index (χ2n) is 8.31. The topological polar surface area (TPSA) is 258 Å². The third-order valence-corrected chi connectivity index (χ3v) is 7.44. The monoisotopic (exact) mass is 682 g/mol. The number of amides is 1. The first-order valence-corrected chi connectivity index (χ1v) is 13.9. The smallest absolute Gasteiger partial charge is 0.744 e. The predicted octanol–water partition coefficient (Wildman–Crippen LogP) is -6.33. The molecule has 0 radical (unpaired) electrons. The molecule has 43 heavy (non-hydrogen) atoms. The summed E-state index contributed by atoms with van der Waals surface area (Å²) in [5.74, 6) is -5.37. The molecule has 0 fully saturated rings. The van der Waals surface area contributed by atoms with Gasteiger partial charge in [0.1, 0.15) is 20.2 Å². The summed E-state index contributed by atoms with van der Waals surface area (Å²) in [6.07, 6.45) is 1.61. The SMILES string of the molecule is O=C(O)C1=NN(c2ccc(S(=O)(=O)[O-])cc2)C(=O)C1=CC=CC1C(C(=O)O)=NN(c2ccc(S(=O)(=O)[O-])cc2)C1O.[K+].[K+]. The number of rotatable bonds is 8. The third-order valence-electron chi connectivity index (χ3n) is 5.74. The average molecular weight is 683 g/mol. The van der Waals surface area contributed by atoms with E-state index >= 15 is 0 Å². The summed E-state index contributed by atoms with van der Waals surface area (Å²) in [7, 11) is -9.53. The van der Waals surface area contributed by atoms with E-state index in [2.05, 4.69) is 10.2 Å². The zero-order valence-corrected chi connectivity index (χ0v) is 30.0. The summed E-state index contributed by atoms with van der Waals surface area (Å²) in [6.45, 7) is 0. The minimum Gasteiger partial charge on any atom is -0.744 e. The number of hydrazone groups is 2. The zero-order valence-electron chi connectivity index (χ0n) is 22.1. The van der Waals surface area contributed by atoms with Crippen molar-refractivity contribution in [3.8, 4) is 0 Å². The molecular formula is C23H16K2N4O12S2. The molecule has 0 saturated heterocycles. The van der Waals surface area contributed by atoms with Crippen LogP contribution in [0, 0.1) is 5.92 Å². The third kappa shape index (κ3) is 8.42. The van der Waals surface area contributed by atoms with Crippen molar-refractivity contribution in [1.29, 1.82) is 0 Å². The fourth-order valence-electron chi connectivity index (χ4n) is 3.81. The van der Waals surface area contributed by atoms with Crippen LogP contribution in [-0.2, 0) is 34.6 Å². The Morgan fingerprint density at radius 2 is 1.30 bits per heavy atom. The second kappa shape index (κ2) is 14.7. The largest absolute Gasteiger partial charge is 1.00 e. The van der Waals surface area contributed by atoms with Crippen LogP contribution in [0.2, 0.25) is 0 Å². The molecule has 2 heterocycles. The van der Waals surface area contributed by atoms with E-state index in [1.807, 2.05) is 0 Å². The molecule has 2 aliphatic rings. The Morgan fingerprint density at radius 1 is 0.814 bits per heavy atom. The molecule has 2 aromatic carbocycles. The van der Waals surface area contributed by atoms with Crippen molar-refractivity contribution >= 4 is 60.9 Å². The Bertz CT molecular complexity index is 1790. The van der Waals surface area contributed by atoms with E-state index in [1.54, 1.807) is 0 Å². The first kappa shape index (κ1) is 37.7. The molecule has 0 saturated carbocycles. The maximum atomic E-state index is 12.9. The molecule has 1 amide bonds. The first-order valence-electron chi connectivity index (χ1n) is 11.1.